The summed E-state index contributed by atoms with van der Waals surface area (Å²) in [4.78, 5) is 18.5. The molecule has 0 radical (unpaired) electrons. The van der Waals surface area contributed by atoms with Crippen molar-refractivity contribution < 1.29 is 13.6 Å². The summed E-state index contributed by atoms with van der Waals surface area (Å²) < 4.78 is 19.4. The smallest absolute Gasteiger partial charge is 0.229 e. The number of halogens is 1. The molecule has 0 N–H and O–H groups in total. The van der Waals surface area contributed by atoms with E-state index in [0.717, 1.165) is 0 Å². The second kappa shape index (κ2) is 6.83. The van der Waals surface area contributed by atoms with E-state index in [0.29, 0.717) is 37.4 Å². The van der Waals surface area contributed by atoms with Crippen LogP contribution in [0, 0.1) is 30.0 Å². The van der Waals surface area contributed by atoms with Crippen molar-refractivity contribution in [2.45, 2.75) is 26.2 Å². The van der Waals surface area contributed by atoms with E-state index < -0.39 is 5.82 Å². The zero-order valence-corrected chi connectivity index (χ0v) is 13.5. The van der Waals surface area contributed by atoms with E-state index in [-0.39, 0.29) is 29.7 Å². The third-order valence-corrected chi connectivity index (χ3v) is 4.35. The van der Waals surface area contributed by atoms with Crippen LogP contribution in [0.5, 0.6) is 0 Å². The molecule has 0 saturated carbocycles. The number of carbonyl (C=O) groups excluding carboxylic acids is 1. The lowest BCUT2D eigenvalue weighted by atomic mass is 9.98. The molecule has 1 aliphatic rings. The lowest BCUT2D eigenvalue weighted by molar-refractivity contribution is -0.131. The molecular weight excluding hydrogens is 309 g/mol. The molecule has 1 saturated heterocycles. The van der Waals surface area contributed by atoms with Crippen LogP contribution >= 0.6 is 0 Å². The normalized spacial score (nSPS) is 15.3. The second-order valence-electron chi connectivity index (χ2n) is 5.96. The molecule has 1 fully saturated rings. The maximum absolute atomic E-state index is 13.8. The number of hydrogen-bond donors (Lipinski definition) is 0. The number of likely N-dealkylation sites (tertiary alicyclic amines) is 1. The molecule has 6 heteroatoms. The van der Waals surface area contributed by atoms with Gasteiger partial charge in [-0.3, -0.25) is 4.79 Å². The summed E-state index contributed by atoms with van der Waals surface area (Å²) in [7, 11) is 0. The highest BCUT2D eigenvalue weighted by Crippen LogP contribution is 2.25. The number of amides is 1. The standard InChI is InChI=1S/C18H18FN3O2/c1-12-16(10-17(23)22-8-6-13(11-20)7-9-22)21-18(24-12)14-4-2-3-5-15(14)19/h2-5,13H,6-10H2,1H3. The van der Waals surface area contributed by atoms with E-state index in [1.165, 1.54) is 6.07 Å². The van der Waals surface area contributed by atoms with Crippen LogP contribution < -0.4 is 0 Å². The number of nitrogens with zero attached hydrogens (tertiary/aromatic N) is 3. The molecule has 0 bridgehead atoms. The molecule has 24 heavy (non-hydrogen) atoms. The molecule has 2 aromatic rings. The second-order valence-corrected chi connectivity index (χ2v) is 5.96. The topological polar surface area (TPSA) is 70.1 Å². The highest BCUT2D eigenvalue weighted by molar-refractivity contribution is 5.78. The number of aromatic nitrogens is 1. The number of benzene rings is 1. The van der Waals surface area contributed by atoms with Gasteiger partial charge < -0.3 is 9.32 Å². The van der Waals surface area contributed by atoms with E-state index in [1.54, 1.807) is 30.0 Å². The molecule has 0 aliphatic carbocycles. The zero-order valence-electron chi connectivity index (χ0n) is 13.5. The fraction of sp³-hybridized carbons (Fsp3) is 0.389. The maximum atomic E-state index is 13.8. The van der Waals surface area contributed by atoms with Gasteiger partial charge in [0.05, 0.1) is 23.7 Å². The van der Waals surface area contributed by atoms with Crippen LogP contribution in [0.25, 0.3) is 11.5 Å². The van der Waals surface area contributed by atoms with Gasteiger partial charge in [0.1, 0.15) is 11.6 Å². The average molecular weight is 327 g/mol. The molecular formula is C18H18FN3O2. The Bertz CT molecular complexity index is 786. The van der Waals surface area contributed by atoms with Gasteiger partial charge in [0, 0.05) is 19.0 Å². The predicted octanol–water partition coefficient (Wildman–Crippen LogP) is 3.09. The van der Waals surface area contributed by atoms with Crippen LogP contribution in [0.3, 0.4) is 0 Å². The molecule has 3 rings (SSSR count). The SMILES string of the molecule is Cc1oc(-c2ccccc2F)nc1CC(=O)N1CCC(C#N)CC1. The number of hydrogen-bond acceptors (Lipinski definition) is 4. The minimum atomic E-state index is -0.407. The van der Waals surface area contributed by atoms with Crippen molar-refractivity contribution in [1.29, 1.82) is 5.26 Å². The van der Waals surface area contributed by atoms with E-state index in [1.807, 2.05) is 0 Å². The van der Waals surface area contributed by atoms with E-state index in [4.69, 9.17) is 9.68 Å². The van der Waals surface area contributed by atoms with Crippen LogP contribution in [0.2, 0.25) is 0 Å². The Morgan fingerprint density at radius 1 is 1.42 bits per heavy atom. The van der Waals surface area contributed by atoms with Crippen molar-refractivity contribution in [2.75, 3.05) is 13.1 Å². The van der Waals surface area contributed by atoms with E-state index in [9.17, 15) is 9.18 Å². The summed E-state index contributed by atoms with van der Waals surface area (Å²) >= 11 is 0. The Labute approximate surface area is 139 Å². The summed E-state index contributed by atoms with van der Waals surface area (Å²) in [6.45, 7) is 2.91. The first-order valence-corrected chi connectivity index (χ1v) is 7.97. The molecule has 0 unspecified atom stereocenters. The van der Waals surface area contributed by atoms with Crippen LogP contribution in [0.15, 0.2) is 28.7 Å². The van der Waals surface area contributed by atoms with Crippen molar-refractivity contribution in [3.8, 4) is 17.5 Å². The minimum Gasteiger partial charge on any atom is -0.441 e. The van der Waals surface area contributed by atoms with Crippen LogP contribution in [-0.4, -0.2) is 28.9 Å². The van der Waals surface area contributed by atoms with Gasteiger partial charge in [0.25, 0.3) is 0 Å². The van der Waals surface area contributed by atoms with Crippen molar-refractivity contribution in [3.63, 3.8) is 0 Å². The van der Waals surface area contributed by atoms with Gasteiger partial charge in [-0.2, -0.15) is 5.26 Å². The zero-order chi connectivity index (χ0) is 17.1. The van der Waals surface area contributed by atoms with Gasteiger partial charge in [0.15, 0.2) is 0 Å². The van der Waals surface area contributed by atoms with Crippen LogP contribution in [-0.2, 0) is 11.2 Å². The lowest BCUT2D eigenvalue weighted by Crippen LogP contribution is -2.39. The van der Waals surface area contributed by atoms with Gasteiger partial charge in [-0.15, -0.1) is 0 Å². The highest BCUT2D eigenvalue weighted by atomic mass is 19.1. The van der Waals surface area contributed by atoms with Gasteiger partial charge in [0.2, 0.25) is 11.8 Å². The summed E-state index contributed by atoms with van der Waals surface area (Å²) in [6.07, 6.45) is 1.54. The number of carbonyl (C=O) groups is 1. The van der Waals surface area contributed by atoms with Gasteiger partial charge >= 0.3 is 0 Å². The first kappa shape index (κ1) is 16.2. The Kier molecular flexibility index (Phi) is 4.61. The Morgan fingerprint density at radius 2 is 2.12 bits per heavy atom. The van der Waals surface area contributed by atoms with E-state index >= 15 is 0 Å². The van der Waals surface area contributed by atoms with Crippen molar-refractivity contribution >= 4 is 5.91 Å². The summed E-state index contributed by atoms with van der Waals surface area (Å²) in [5, 5.41) is 8.91. The first-order valence-electron chi connectivity index (χ1n) is 7.97. The summed E-state index contributed by atoms with van der Waals surface area (Å²) in [6, 6.07) is 8.50. The molecule has 2 heterocycles. The first-order chi connectivity index (χ1) is 11.6. The fourth-order valence-electron chi connectivity index (χ4n) is 2.85. The quantitative estimate of drug-likeness (QED) is 0.868. The number of rotatable bonds is 3. The summed E-state index contributed by atoms with van der Waals surface area (Å²) in [5.41, 5.74) is 0.815. The lowest BCUT2D eigenvalue weighted by Gasteiger charge is -2.29. The van der Waals surface area contributed by atoms with Crippen molar-refractivity contribution in [1.82, 2.24) is 9.88 Å². The number of piperidine rings is 1. The molecule has 0 atom stereocenters. The fourth-order valence-corrected chi connectivity index (χ4v) is 2.85. The van der Waals surface area contributed by atoms with Crippen molar-refractivity contribution in [3.05, 3.63) is 41.5 Å². The number of nitriles is 1. The largest absolute Gasteiger partial charge is 0.441 e. The molecule has 5 nitrogen and oxygen atoms in total. The molecule has 1 amide bonds. The van der Waals surface area contributed by atoms with Crippen LogP contribution in [0.1, 0.15) is 24.3 Å². The number of aryl methyl sites for hydroxylation is 1. The Hall–Kier alpha value is -2.68. The van der Waals surface area contributed by atoms with Crippen molar-refractivity contribution in [2.24, 2.45) is 5.92 Å². The Balaban J connectivity index is 1.71. The predicted molar refractivity (Wildman–Crippen MR) is 85.3 cm³/mol. The average Bonchev–Trinajstić information content (AvgIpc) is 2.95. The van der Waals surface area contributed by atoms with Gasteiger partial charge in [-0.25, -0.2) is 9.37 Å². The monoisotopic (exact) mass is 327 g/mol. The molecule has 0 spiro atoms. The third-order valence-electron chi connectivity index (χ3n) is 4.35. The molecule has 1 aromatic heterocycles. The summed E-state index contributed by atoms with van der Waals surface area (Å²) in [5.74, 6) is 0.304. The molecule has 1 aromatic carbocycles. The minimum absolute atomic E-state index is 0.0375. The third kappa shape index (κ3) is 3.30. The molecule has 124 valence electrons. The van der Waals surface area contributed by atoms with Crippen LogP contribution in [0.4, 0.5) is 4.39 Å². The van der Waals surface area contributed by atoms with Gasteiger partial charge in [-0.05, 0) is 31.9 Å². The van der Waals surface area contributed by atoms with Gasteiger partial charge in [-0.1, -0.05) is 12.1 Å². The maximum Gasteiger partial charge on any atom is 0.229 e. The number of oxazole rings is 1. The highest BCUT2D eigenvalue weighted by Gasteiger charge is 2.24. The Morgan fingerprint density at radius 3 is 2.79 bits per heavy atom. The molecule has 1 aliphatic heterocycles. The van der Waals surface area contributed by atoms with E-state index in [2.05, 4.69) is 11.1 Å².